The lowest BCUT2D eigenvalue weighted by molar-refractivity contribution is 0.950. The van der Waals surface area contributed by atoms with Crippen molar-refractivity contribution in [3.63, 3.8) is 0 Å². The maximum atomic E-state index is 6.54. The van der Waals surface area contributed by atoms with E-state index in [0.29, 0.717) is 5.02 Å². The fraction of sp³-hybridized carbons (Fsp3) is 0.214. The van der Waals surface area contributed by atoms with Crippen LogP contribution >= 0.6 is 34.8 Å². The van der Waals surface area contributed by atoms with Gasteiger partial charge in [0.1, 0.15) is 5.38 Å². The fourth-order valence-corrected chi connectivity index (χ4v) is 3.16. The predicted octanol–water partition coefficient (Wildman–Crippen LogP) is 4.82. The summed E-state index contributed by atoms with van der Waals surface area (Å²) < 4.78 is 0. The third-order valence-electron chi connectivity index (χ3n) is 3.25. The van der Waals surface area contributed by atoms with Crippen LogP contribution in [-0.4, -0.2) is 4.98 Å². The average molecular weight is 299 g/mol. The Bertz CT molecular complexity index is 556. The Morgan fingerprint density at radius 2 is 1.72 bits per heavy atom. The summed E-state index contributed by atoms with van der Waals surface area (Å²) >= 11 is 18.6. The number of hydrogen-bond donors (Lipinski definition) is 0. The molecule has 1 aromatic heterocycles. The molecular weight excluding hydrogens is 289 g/mol. The maximum absolute atomic E-state index is 6.54. The molecular formula is C14H10Cl3N. The molecule has 1 heterocycles. The van der Waals surface area contributed by atoms with Crippen molar-refractivity contribution in [1.29, 1.82) is 0 Å². The van der Waals surface area contributed by atoms with Crippen molar-refractivity contribution in [2.24, 2.45) is 0 Å². The Morgan fingerprint density at radius 1 is 1.00 bits per heavy atom. The molecule has 0 amide bonds. The van der Waals surface area contributed by atoms with E-state index in [-0.39, 0.29) is 5.38 Å². The summed E-state index contributed by atoms with van der Waals surface area (Å²) in [6, 6.07) is 7.80. The summed E-state index contributed by atoms with van der Waals surface area (Å²) in [5.74, 6) is 0. The second-order valence-electron chi connectivity index (χ2n) is 4.40. The topological polar surface area (TPSA) is 12.9 Å². The van der Waals surface area contributed by atoms with Gasteiger partial charge < -0.3 is 0 Å². The van der Waals surface area contributed by atoms with Crippen molar-refractivity contribution in [3.8, 4) is 0 Å². The molecule has 0 N–H and O–H groups in total. The monoisotopic (exact) mass is 297 g/mol. The number of rotatable bonds is 0. The van der Waals surface area contributed by atoms with Crippen molar-refractivity contribution < 1.29 is 0 Å². The number of aryl methyl sites for hydroxylation is 2. The quantitative estimate of drug-likeness (QED) is 0.636. The van der Waals surface area contributed by atoms with Crippen LogP contribution in [0.25, 0.3) is 0 Å². The molecule has 0 saturated heterocycles. The van der Waals surface area contributed by atoms with Crippen molar-refractivity contribution >= 4 is 34.8 Å². The fourth-order valence-electron chi connectivity index (χ4n) is 2.37. The highest BCUT2D eigenvalue weighted by atomic mass is 35.5. The molecule has 0 fully saturated rings. The van der Waals surface area contributed by atoms with Crippen molar-refractivity contribution in [2.45, 2.75) is 18.2 Å². The molecule has 0 spiro atoms. The molecule has 0 radical (unpaired) electrons. The molecule has 0 aliphatic heterocycles. The molecule has 18 heavy (non-hydrogen) atoms. The van der Waals surface area contributed by atoms with Gasteiger partial charge in [-0.2, -0.15) is 0 Å². The van der Waals surface area contributed by atoms with Crippen molar-refractivity contribution in [2.75, 3.05) is 0 Å². The van der Waals surface area contributed by atoms with Gasteiger partial charge in [0.25, 0.3) is 0 Å². The smallest absolute Gasteiger partial charge is 0.101 e. The molecule has 0 saturated carbocycles. The van der Waals surface area contributed by atoms with Crippen LogP contribution in [0.2, 0.25) is 10.0 Å². The maximum Gasteiger partial charge on any atom is 0.101 e. The average Bonchev–Trinajstić information content (AvgIpc) is 2.47. The number of nitrogens with zero attached hydrogens (tertiary/aromatic N) is 1. The van der Waals surface area contributed by atoms with E-state index in [1.807, 2.05) is 24.3 Å². The summed E-state index contributed by atoms with van der Waals surface area (Å²) in [5.41, 5.74) is 4.31. The van der Waals surface area contributed by atoms with E-state index >= 15 is 0 Å². The number of alkyl halides is 1. The van der Waals surface area contributed by atoms with Gasteiger partial charge in [-0.05, 0) is 47.7 Å². The van der Waals surface area contributed by atoms with E-state index in [4.69, 9.17) is 34.8 Å². The Hall–Kier alpha value is -0.760. The van der Waals surface area contributed by atoms with E-state index in [1.54, 1.807) is 6.20 Å². The first-order valence-electron chi connectivity index (χ1n) is 5.72. The molecule has 1 aromatic carbocycles. The lowest BCUT2D eigenvalue weighted by atomic mass is 10.0. The van der Waals surface area contributed by atoms with E-state index in [1.165, 1.54) is 5.56 Å². The van der Waals surface area contributed by atoms with Gasteiger partial charge in [0.15, 0.2) is 0 Å². The minimum atomic E-state index is -0.230. The third kappa shape index (κ3) is 2.11. The first kappa shape index (κ1) is 12.3. The van der Waals surface area contributed by atoms with Gasteiger partial charge in [-0.15, -0.1) is 11.6 Å². The standard InChI is InChI=1S/C14H10Cl3N/c15-10-3-4-12-8(5-10)1-2-9-6-11(16)7-18-14(9)13(12)17/h3-7,13H,1-2H2. The zero-order valence-electron chi connectivity index (χ0n) is 9.46. The van der Waals surface area contributed by atoms with Crippen LogP contribution in [0.3, 0.4) is 0 Å². The van der Waals surface area contributed by atoms with Crippen LogP contribution < -0.4 is 0 Å². The van der Waals surface area contributed by atoms with Crippen molar-refractivity contribution in [3.05, 3.63) is 62.9 Å². The molecule has 1 unspecified atom stereocenters. The van der Waals surface area contributed by atoms with Crippen LogP contribution in [0.15, 0.2) is 30.5 Å². The Morgan fingerprint density at radius 3 is 2.56 bits per heavy atom. The van der Waals surface area contributed by atoms with Crippen LogP contribution in [0.5, 0.6) is 0 Å². The van der Waals surface area contributed by atoms with Gasteiger partial charge in [-0.1, -0.05) is 29.3 Å². The van der Waals surface area contributed by atoms with Crippen molar-refractivity contribution in [1.82, 2.24) is 4.98 Å². The van der Waals surface area contributed by atoms with Crippen LogP contribution in [0.1, 0.15) is 27.8 Å². The third-order valence-corrected chi connectivity index (χ3v) is 4.13. The molecule has 3 rings (SSSR count). The molecule has 1 aliphatic carbocycles. The predicted molar refractivity (Wildman–Crippen MR) is 75.8 cm³/mol. The molecule has 1 nitrogen and oxygen atoms in total. The molecule has 1 aliphatic rings. The Balaban J connectivity index is 2.15. The minimum Gasteiger partial charge on any atom is -0.258 e. The zero-order valence-corrected chi connectivity index (χ0v) is 11.7. The molecule has 92 valence electrons. The second kappa shape index (κ2) is 4.73. The highest BCUT2D eigenvalue weighted by Gasteiger charge is 2.23. The lowest BCUT2D eigenvalue weighted by Crippen LogP contribution is -1.99. The van der Waals surface area contributed by atoms with Crippen LogP contribution in [0.4, 0.5) is 0 Å². The first-order valence-corrected chi connectivity index (χ1v) is 6.91. The summed E-state index contributed by atoms with van der Waals surface area (Å²) in [5, 5.41) is 1.17. The highest BCUT2D eigenvalue weighted by molar-refractivity contribution is 6.31. The highest BCUT2D eigenvalue weighted by Crippen LogP contribution is 2.37. The molecule has 1 atom stereocenters. The number of aromatic nitrogens is 1. The van der Waals surface area contributed by atoms with Gasteiger partial charge in [0.2, 0.25) is 0 Å². The van der Waals surface area contributed by atoms with E-state index < -0.39 is 0 Å². The minimum absolute atomic E-state index is 0.230. The SMILES string of the molecule is Clc1ccc2c(c1)CCc1cc(Cl)cnc1C2Cl. The second-order valence-corrected chi connectivity index (χ2v) is 5.71. The van der Waals surface area contributed by atoms with E-state index in [9.17, 15) is 0 Å². The van der Waals surface area contributed by atoms with Crippen LogP contribution in [-0.2, 0) is 12.8 Å². The van der Waals surface area contributed by atoms with Gasteiger partial charge in [-0.3, -0.25) is 4.98 Å². The van der Waals surface area contributed by atoms with Gasteiger partial charge >= 0.3 is 0 Å². The van der Waals surface area contributed by atoms with Gasteiger partial charge in [0, 0.05) is 11.2 Å². The Kier molecular flexibility index (Phi) is 3.23. The summed E-state index contributed by atoms with van der Waals surface area (Å²) in [6.07, 6.45) is 3.45. The zero-order chi connectivity index (χ0) is 12.7. The number of pyridine rings is 1. The number of benzene rings is 1. The number of fused-ring (bicyclic) bond motifs is 2. The molecule has 0 bridgehead atoms. The number of halogens is 3. The molecule has 4 heteroatoms. The van der Waals surface area contributed by atoms with Gasteiger partial charge in [0.05, 0.1) is 10.7 Å². The summed E-state index contributed by atoms with van der Waals surface area (Å²) in [4.78, 5) is 4.38. The van der Waals surface area contributed by atoms with Crippen LogP contribution in [0, 0.1) is 0 Å². The van der Waals surface area contributed by atoms with Gasteiger partial charge in [-0.25, -0.2) is 0 Å². The first-order chi connectivity index (χ1) is 8.65. The van der Waals surface area contributed by atoms with E-state index in [0.717, 1.165) is 34.7 Å². The lowest BCUT2D eigenvalue weighted by Gasteiger charge is -2.12. The van der Waals surface area contributed by atoms with E-state index in [2.05, 4.69) is 4.98 Å². The summed E-state index contributed by atoms with van der Waals surface area (Å²) in [7, 11) is 0. The summed E-state index contributed by atoms with van der Waals surface area (Å²) in [6.45, 7) is 0. The molecule has 2 aromatic rings. The normalized spacial score (nSPS) is 17.8. The largest absolute Gasteiger partial charge is 0.258 e. The number of hydrogen-bond acceptors (Lipinski definition) is 1. The Labute approximate surface area is 121 Å².